The van der Waals surface area contributed by atoms with Crippen LogP contribution in [0.2, 0.25) is 0 Å². The molecule has 1 aromatic rings. The van der Waals surface area contributed by atoms with Crippen LogP contribution in [0.15, 0.2) is 24.3 Å². The molecule has 2 N–H and O–H groups in total. The molecule has 1 heterocycles. The highest BCUT2D eigenvalue weighted by Gasteiger charge is 2.40. The van der Waals surface area contributed by atoms with Gasteiger partial charge in [-0.3, -0.25) is 4.90 Å². The van der Waals surface area contributed by atoms with Crippen LogP contribution in [-0.4, -0.2) is 30.2 Å². The van der Waals surface area contributed by atoms with Crippen LogP contribution in [-0.2, 0) is 11.3 Å². The number of anilines is 1. The van der Waals surface area contributed by atoms with Crippen molar-refractivity contribution in [1.29, 1.82) is 0 Å². The Bertz CT molecular complexity index is 454. The van der Waals surface area contributed by atoms with Crippen molar-refractivity contribution in [1.82, 2.24) is 4.90 Å². The minimum atomic E-state index is 0.194. The van der Waals surface area contributed by atoms with E-state index in [9.17, 15) is 0 Å². The molecule has 0 aromatic heterocycles. The van der Waals surface area contributed by atoms with Crippen LogP contribution in [0.5, 0.6) is 0 Å². The van der Waals surface area contributed by atoms with Gasteiger partial charge in [0.1, 0.15) is 0 Å². The Morgan fingerprint density at radius 2 is 2.05 bits per heavy atom. The van der Waals surface area contributed by atoms with Gasteiger partial charge < -0.3 is 10.5 Å². The maximum atomic E-state index is 6.13. The van der Waals surface area contributed by atoms with Gasteiger partial charge in [0.2, 0.25) is 0 Å². The zero-order valence-electron chi connectivity index (χ0n) is 12.5. The molecule has 3 nitrogen and oxygen atoms in total. The lowest BCUT2D eigenvalue weighted by Gasteiger charge is -2.42. The smallest absolute Gasteiger partial charge is 0.0697 e. The molecule has 1 aliphatic carbocycles. The van der Waals surface area contributed by atoms with Crippen molar-refractivity contribution in [2.75, 3.05) is 19.4 Å². The van der Waals surface area contributed by atoms with E-state index in [2.05, 4.69) is 24.1 Å². The quantitative estimate of drug-likeness (QED) is 0.860. The third-order valence-corrected chi connectivity index (χ3v) is 5.08. The van der Waals surface area contributed by atoms with E-state index in [0.29, 0.717) is 6.04 Å². The van der Waals surface area contributed by atoms with Crippen LogP contribution >= 0.6 is 0 Å². The van der Waals surface area contributed by atoms with Crippen LogP contribution in [0.25, 0.3) is 0 Å². The van der Waals surface area contributed by atoms with Crippen molar-refractivity contribution >= 4 is 5.69 Å². The molecule has 1 spiro atoms. The molecule has 3 heteroatoms. The monoisotopic (exact) mass is 274 g/mol. The molecule has 0 amide bonds. The average Bonchev–Trinajstić information content (AvgIpc) is 2.89. The number of ether oxygens (including phenoxy) is 1. The number of nitrogens with zero attached hydrogens (tertiary/aromatic N) is 1. The summed E-state index contributed by atoms with van der Waals surface area (Å²) in [5.41, 5.74) is 8.40. The topological polar surface area (TPSA) is 38.5 Å². The summed E-state index contributed by atoms with van der Waals surface area (Å²) in [5.74, 6) is 0. The Morgan fingerprint density at radius 1 is 1.30 bits per heavy atom. The predicted octanol–water partition coefficient (Wildman–Crippen LogP) is 3.19. The second-order valence-corrected chi connectivity index (χ2v) is 6.50. The van der Waals surface area contributed by atoms with Gasteiger partial charge in [-0.2, -0.15) is 0 Å². The summed E-state index contributed by atoms with van der Waals surface area (Å²) in [6.07, 6.45) is 7.51. The Hall–Kier alpha value is -1.06. The molecule has 0 bridgehead atoms. The van der Waals surface area contributed by atoms with E-state index < -0.39 is 0 Å². The van der Waals surface area contributed by atoms with Gasteiger partial charge in [0, 0.05) is 24.9 Å². The van der Waals surface area contributed by atoms with Gasteiger partial charge in [-0.1, -0.05) is 31.0 Å². The van der Waals surface area contributed by atoms with Crippen LogP contribution < -0.4 is 5.73 Å². The molecular formula is C17H26N2O. The molecule has 20 heavy (non-hydrogen) atoms. The number of nitrogens with two attached hydrogens (primary N) is 1. The minimum Gasteiger partial charge on any atom is -0.398 e. The first kappa shape index (κ1) is 13.9. The van der Waals surface area contributed by atoms with Gasteiger partial charge in [0.25, 0.3) is 0 Å². The first-order chi connectivity index (χ1) is 9.69. The van der Waals surface area contributed by atoms with Gasteiger partial charge >= 0.3 is 0 Å². The molecule has 0 radical (unpaired) electrons. The van der Waals surface area contributed by atoms with Crippen molar-refractivity contribution in [3.05, 3.63) is 29.8 Å². The maximum absolute atomic E-state index is 6.13. The van der Waals surface area contributed by atoms with Crippen molar-refractivity contribution < 1.29 is 4.74 Å². The molecule has 1 unspecified atom stereocenters. The summed E-state index contributed by atoms with van der Waals surface area (Å²) < 4.78 is 6.13. The number of nitrogen functional groups attached to an aromatic ring is 1. The van der Waals surface area contributed by atoms with Gasteiger partial charge in [-0.05, 0) is 44.4 Å². The van der Waals surface area contributed by atoms with Crippen LogP contribution in [0.3, 0.4) is 0 Å². The van der Waals surface area contributed by atoms with Gasteiger partial charge in [-0.25, -0.2) is 0 Å². The molecule has 1 saturated carbocycles. The first-order valence-corrected chi connectivity index (χ1v) is 7.86. The van der Waals surface area contributed by atoms with Crippen molar-refractivity contribution in [3.63, 3.8) is 0 Å². The largest absolute Gasteiger partial charge is 0.398 e. The van der Waals surface area contributed by atoms with E-state index in [4.69, 9.17) is 10.5 Å². The standard InChI is InChI=1S/C17H26N2O/c1-19(13-14-6-2-3-7-16(14)18)15-8-11-20-17(12-15)9-4-5-10-17/h2-3,6-7,15H,4-5,8-13,18H2,1H3. The van der Waals surface area contributed by atoms with E-state index in [1.54, 1.807) is 0 Å². The lowest BCUT2D eigenvalue weighted by atomic mass is 9.88. The molecular weight excluding hydrogens is 248 g/mol. The highest BCUT2D eigenvalue weighted by atomic mass is 16.5. The fourth-order valence-corrected chi connectivity index (χ4v) is 3.82. The lowest BCUT2D eigenvalue weighted by molar-refractivity contribution is -0.0996. The second-order valence-electron chi connectivity index (χ2n) is 6.50. The van der Waals surface area contributed by atoms with Crippen LogP contribution in [0.4, 0.5) is 5.69 Å². The summed E-state index contributed by atoms with van der Waals surface area (Å²) in [4.78, 5) is 2.47. The third-order valence-electron chi connectivity index (χ3n) is 5.08. The SMILES string of the molecule is CN(Cc1ccccc1N)C1CCOC2(CCCC2)C1. The fourth-order valence-electron chi connectivity index (χ4n) is 3.82. The van der Waals surface area contributed by atoms with E-state index in [1.165, 1.54) is 37.7 Å². The lowest BCUT2D eigenvalue weighted by Crippen LogP contribution is -2.46. The van der Waals surface area contributed by atoms with Gasteiger partial charge in [0.15, 0.2) is 0 Å². The molecule has 3 rings (SSSR count). The van der Waals surface area contributed by atoms with E-state index in [1.807, 2.05) is 12.1 Å². The Labute approximate surface area is 122 Å². The molecule has 1 atom stereocenters. The summed E-state index contributed by atoms with van der Waals surface area (Å²) in [7, 11) is 2.23. The molecule has 2 fully saturated rings. The highest BCUT2D eigenvalue weighted by Crippen LogP contribution is 2.41. The summed E-state index contributed by atoms with van der Waals surface area (Å²) in [6.45, 7) is 1.85. The number of benzene rings is 1. The highest BCUT2D eigenvalue weighted by molar-refractivity contribution is 5.46. The number of para-hydroxylation sites is 1. The fraction of sp³-hybridized carbons (Fsp3) is 0.647. The Kier molecular flexibility index (Phi) is 3.99. The van der Waals surface area contributed by atoms with E-state index in [-0.39, 0.29) is 5.60 Å². The number of rotatable bonds is 3. The number of hydrogen-bond donors (Lipinski definition) is 1. The van der Waals surface area contributed by atoms with Gasteiger partial charge in [-0.15, -0.1) is 0 Å². The summed E-state index contributed by atoms with van der Waals surface area (Å²) in [5, 5.41) is 0. The Balaban J connectivity index is 1.65. The maximum Gasteiger partial charge on any atom is 0.0697 e. The van der Waals surface area contributed by atoms with Crippen LogP contribution in [0, 0.1) is 0 Å². The van der Waals surface area contributed by atoms with Crippen molar-refractivity contribution in [3.8, 4) is 0 Å². The molecule has 1 saturated heterocycles. The predicted molar refractivity (Wildman–Crippen MR) is 82.5 cm³/mol. The van der Waals surface area contributed by atoms with Gasteiger partial charge in [0.05, 0.1) is 5.60 Å². The van der Waals surface area contributed by atoms with E-state index >= 15 is 0 Å². The molecule has 1 aromatic carbocycles. The zero-order chi connectivity index (χ0) is 14.0. The third kappa shape index (κ3) is 2.84. The molecule has 2 aliphatic rings. The summed E-state index contributed by atoms with van der Waals surface area (Å²) in [6, 6.07) is 8.83. The minimum absolute atomic E-state index is 0.194. The Morgan fingerprint density at radius 3 is 2.80 bits per heavy atom. The van der Waals surface area contributed by atoms with E-state index in [0.717, 1.165) is 25.3 Å². The summed E-state index contributed by atoms with van der Waals surface area (Å²) >= 11 is 0. The average molecular weight is 274 g/mol. The number of hydrogen-bond acceptors (Lipinski definition) is 3. The van der Waals surface area contributed by atoms with Crippen molar-refractivity contribution in [2.45, 2.75) is 56.7 Å². The van der Waals surface area contributed by atoms with Crippen LogP contribution in [0.1, 0.15) is 44.1 Å². The zero-order valence-corrected chi connectivity index (χ0v) is 12.5. The second kappa shape index (κ2) is 5.74. The molecule has 1 aliphatic heterocycles. The molecule has 110 valence electrons. The van der Waals surface area contributed by atoms with Crippen molar-refractivity contribution in [2.24, 2.45) is 0 Å². The first-order valence-electron chi connectivity index (χ1n) is 7.86. The normalized spacial score (nSPS) is 25.4.